The van der Waals surface area contributed by atoms with E-state index in [1.165, 1.54) is 11.1 Å². The van der Waals surface area contributed by atoms with E-state index in [-0.39, 0.29) is 124 Å². The fraction of sp³-hybridized carbons (Fsp3) is 0.552. The highest BCUT2D eigenvalue weighted by Crippen LogP contribution is 2.40. The summed E-state index contributed by atoms with van der Waals surface area (Å²) in [5, 5.41) is 11.0. The van der Waals surface area contributed by atoms with Gasteiger partial charge in [0.05, 0.1) is 74.7 Å². The Morgan fingerprint density at radius 3 is 1.23 bits per heavy atom. The molecule has 2 fully saturated rings. The van der Waals surface area contributed by atoms with Gasteiger partial charge in [-0.3, -0.25) is 9.80 Å². The fourth-order valence-corrected chi connectivity index (χ4v) is 13.0. The Morgan fingerprint density at radius 1 is 0.476 bits per heavy atom. The number of rotatable bonds is 33. The normalized spacial score (nSPS) is 21.1. The van der Waals surface area contributed by atoms with Crippen molar-refractivity contribution >= 4 is 32.1 Å². The van der Waals surface area contributed by atoms with Crippen molar-refractivity contribution in [2.75, 3.05) is 118 Å². The monoisotopic (exact) mass is 1180 g/mol. The van der Waals surface area contributed by atoms with Gasteiger partial charge in [0.2, 0.25) is 20.0 Å². The van der Waals surface area contributed by atoms with Gasteiger partial charge in [-0.05, 0) is 135 Å². The average molecular weight is 1180 g/mol. The van der Waals surface area contributed by atoms with Crippen molar-refractivity contribution in [3.05, 3.63) is 119 Å². The van der Waals surface area contributed by atoms with Crippen LogP contribution in [-0.2, 0) is 51.8 Å². The van der Waals surface area contributed by atoms with Crippen molar-refractivity contribution < 1.29 is 54.8 Å². The maximum Gasteiger partial charge on any atom is 0.314 e. The number of likely N-dealkylation sites (tertiary alicyclic amines) is 2. The molecule has 4 amide bonds. The second-order valence-electron chi connectivity index (χ2n) is 21.1. The van der Waals surface area contributed by atoms with Crippen molar-refractivity contribution in [3.8, 4) is 11.5 Å². The van der Waals surface area contributed by atoms with Crippen LogP contribution in [0.3, 0.4) is 0 Å². The molecule has 10 N–H and O–H groups in total. The molecule has 8 rings (SSSR count). The average Bonchev–Trinajstić information content (AvgIpc) is 3.87. The van der Waals surface area contributed by atoms with Crippen LogP contribution in [0.5, 0.6) is 11.5 Å². The van der Waals surface area contributed by atoms with Crippen LogP contribution >= 0.6 is 0 Å². The van der Waals surface area contributed by atoms with E-state index in [0.717, 1.165) is 75.8 Å². The summed E-state index contributed by atoms with van der Waals surface area (Å²) in [5.74, 6) is 1.20. The number of unbranched alkanes of at least 4 members (excludes halogenated alkanes) is 1. The predicted molar refractivity (Wildman–Crippen MR) is 311 cm³/mol. The maximum absolute atomic E-state index is 13.0. The number of carbonyl (C=O) groups is 2. The maximum atomic E-state index is 13.0. The lowest BCUT2D eigenvalue weighted by Crippen LogP contribution is -2.49. The second kappa shape index (κ2) is 32.0. The number of fused-ring (bicyclic) bond motifs is 2. The molecule has 82 heavy (non-hydrogen) atoms. The zero-order chi connectivity index (χ0) is 57.6. The Balaban J connectivity index is 0.569. The van der Waals surface area contributed by atoms with Gasteiger partial charge in [0, 0.05) is 64.4 Å². The number of piperidine rings is 2. The largest absolute Gasteiger partial charge is 0.484 e. The van der Waals surface area contributed by atoms with Crippen molar-refractivity contribution in [2.24, 2.45) is 11.5 Å². The van der Waals surface area contributed by atoms with Gasteiger partial charge in [0.15, 0.2) is 0 Å². The minimum Gasteiger partial charge on any atom is -0.484 e. The summed E-state index contributed by atoms with van der Waals surface area (Å²) in [7, 11) is -7.53. The summed E-state index contributed by atoms with van der Waals surface area (Å²) < 4.78 is 92.3. The van der Waals surface area contributed by atoms with Gasteiger partial charge in [-0.1, -0.05) is 48.5 Å². The number of hydrogen-bond donors (Lipinski definition) is 8. The molecule has 2 saturated heterocycles. The molecule has 2 aliphatic heterocycles. The van der Waals surface area contributed by atoms with Crippen molar-refractivity contribution in [1.82, 2.24) is 40.5 Å². The van der Waals surface area contributed by atoms with E-state index in [1.807, 2.05) is 24.3 Å². The number of nitrogens with two attached hydrogens (primary N) is 2. The van der Waals surface area contributed by atoms with Crippen LogP contribution in [-0.4, -0.2) is 181 Å². The molecule has 24 heteroatoms. The summed E-state index contributed by atoms with van der Waals surface area (Å²) in [6.45, 7) is 7.15. The Labute approximate surface area is 483 Å². The highest BCUT2D eigenvalue weighted by atomic mass is 32.2. The molecule has 6 atom stereocenters. The number of hydrogen-bond acceptors (Lipinski definition) is 16. The lowest BCUT2D eigenvalue weighted by atomic mass is 10.0. The number of nitrogens with one attached hydrogen (secondary N) is 6. The number of carbonyl (C=O) groups excluding carboxylic acids is 2. The summed E-state index contributed by atoms with van der Waals surface area (Å²) >= 11 is 0. The molecule has 0 aromatic heterocycles. The summed E-state index contributed by atoms with van der Waals surface area (Å²) in [6, 6.07) is 29.6. The standard InChI is InChI=1S/C58H84N10O12S2/c59-45-11-7-29-67(41-45)53-39-43-9-1-3-13-51(43)55(53)79-47-15-19-49(20-16-47)81(71,72)65-27-33-77-37-35-75-31-25-63-57(69)61-23-5-6-24-62-58(70)64-26-32-76-36-38-78-34-28-66-82(73,74)50-21-17-48(18-22-50)80-56-52-14-4-2-10-44(52)40-54(56)68-30-8-12-46(60)42-68/h1-4,9-10,13-22,45-46,53-56,65-66H,5-8,11-12,23-42,59-60H2,(H2,61,63,69)(H2,62,64,70). The first-order chi connectivity index (χ1) is 39.8. The van der Waals surface area contributed by atoms with Gasteiger partial charge >= 0.3 is 12.1 Å². The van der Waals surface area contributed by atoms with Gasteiger partial charge in [-0.15, -0.1) is 0 Å². The first-order valence-corrected chi connectivity index (χ1v) is 31.8. The summed E-state index contributed by atoms with van der Waals surface area (Å²) in [5.41, 5.74) is 17.5. The highest BCUT2D eigenvalue weighted by Gasteiger charge is 2.41. The minimum atomic E-state index is -3.76. The van der Waals surface area contributed by atoms with Crippen LogP contribution < -0.4 is 51.7 Å². The summed E-state index contributed by atoms with van der Waals surface area (Å²) in [6.07, 6.45) is 6.90. The molecule has 450 valence electrons. The molecule has 4 aliphatic rings. The molecule has 6 unspecified atom stereocenters. The second-order valence-corrected chi connectivity index (χ2v) is 24.6. The zero-order valence-corrected chi connectivity index (χ0v) is 48.5. The molecule has 0 radical (unpaired) electrons. The van der Waals surface area contributed by atoms with Crippen LogP contribution in [0.4, 0.5) is 9.59 Å². The molecule has 2 heterocycles. The minimum absolute atomic E-state index is 0.0857. The van der Waals surface area contributed by atoms with Crippen LogP contribution in [0, 0.1) is 0 Å². The molecular weight excluding hydrogens is 1090 g/mol. The first-order valence-electron chi connectivity index (χ1n) is 28.8. The zero-order valence-electron chi connectivity index (χ0n) is 46.9. The highest BCUT2D eigenvalue weighted by molar-refractivity contribution is 7.89. The van der Waals surface area contributed by atoms with Crippen LogP contribution in [0.25, 0.3) is 0 Å². The molecule has 4 aromatic carbocycles. The van der Waals surface area contributed by atoms with Gasteiger partial charge in [0.25, 0.3) is 0 Å². The van der Waals surface area contributed by atoms with Crippen LogP contribution in [0.15, 0.2) is 107 Å². The lowest BCUT2D eigenvalue weighted by Gasteiger charge is -2.38. The van der Waals surface area contributed by atoms with Crippen LogP contribution in [0.2, 0.25) is 0 Å². The number of nitrogens with zero attached hydrogens (tertiary/aromatic N) is 2. The molecule has 0 saturated carbocycles. The van der Waals surface area contributed by atoms with Gasteiger partial charge < -0.3 is 61.2 Å². The molecule has 2 aliphatic carbocycles. The number of ether oxygens (including phenoxy) is 6. The Kier molecular flexibility index (Phi) is 24.4. The number of amides is 4. The third-order valence-corrected chi connectivity index (χ3v) is 18.0. The topological polar surface area (TPSA) is 288 Å². The number of sulfonamides is 2. The van der Waals surface area contributed by atoms with E-state index in [4.69, 9.17) is 39.9 Å². The van der Waals surface area contributed by atoms with E-state index in [0.29, 0.717) is 50.5 Å². The Hall–Kier alpha value is -5.48. The van der Waals surface area contributed by atoms with E-state index in [1.54, 1.807) is 48.5 Å². The molecular formula is C58H84N10O12S2. The number of urea groups is 2. The van der Waals surface area contributed by atoms with E-state index < -0.39 is 20.0 Å². The molecule has 22 nitrogen and oxygen atoms in total. The van der Waals surface area contributed by atoms with Gasteiger partial charge in [0.1, 0.15) is 23.7 Å². The third-order valence-electron chi connectivity index (χ3n) is 15.1. The van der Waals surface area contributed by atoms with E-state index in [9.17, 15) is 26.4 Å². The number of benzene rings is 4. The van der Waals surface area contributed by atoms with Crippen molar-refractivity contribution in [3.63, 3.8) is 0 Å². The third kappa shape index (κ3) is 19.0. The smallest absolute Gasteiger partial charge is 0.314 e. The first kappa shape index (κ1) is 62.6. The SMILES string of the molecule is NC1CCCN(C2Cc3ccccc3C2Oc2ccc(S(=O)(=O)NCCOCCOCCNC(=O)NCCCCNC(=O)NCCOCCOCCNS(=O)(=O)c3ccc(OC4c5ccccc5CC4N4CCCC(N)C4)cc3)cc2)C1. The van der Waals surface area contributed by atoms with Crippen molar-refractivity contribution in [2.45, 2.75) is 97.5 Å². The molecule has 4 aromatic rings. The quantitative estimate of drug-likeness (QED) is 0.0318. The fourth-order valence-electron chi connectivity index (χ4n) is 10.9. The predicted octanol–water partition coefficient (Wildman–Crippen LogP) is 3.32. The van der Waals surface area contributed by atoms with Crippen molar-refractivity contribution in [1.29, 1.82) is 0 Å². The molecule has 0 bridgehead atoms. The lowest BCUT2D eigenvalue weighted by molar-refractivity contribution is 0.0516. The van der Waals surface area contributed by atoms with Crippen LogP contribution in [0.1, 0.15) is 73.0 Å². The Bertz CT molecular complexity index is 2650. The summed E-state index contributed by atoms with van der Waals surface area (Å²) in [4.78, 5) is 29.4. The molecule has 0 spiro atoms. The van der Waals surface area contributed by atoms with Gasteiger partial charge in [-0.25, -0.2) is 35.9 Å². The Morgan fingerprint density at radius 2 is 0.841 bits per heavy atom. The van der Waals surface area contributed by atoms with E-state index >= 15 is 0 Å². The van der Waals surface area contributed by atoms with E-state index in [2.05, 4.69) is 64.8 Å². The van der Waals surface area contributed by atoms with Gasteiger partial charge in [-0.2, -0.15) is 0 Å².